The molecule has 1 amide bonds. The van der Waals surface area contributed by atoms with E-state index in [1.165, 1.54) is 30.7 Å². The first kappa shape index (κ1) is 28.9. The Balaban J connectivity index is 1.54. The van der Waals surface area contributed by atoms with Crippen LogP contribution in [0.1, 0.15) is 37.7 Å². The highest BCUT2D eigenvalue weighted by molar-refractivity contribution is 7.99. The Morgan fingerprint density at radius 3 is 2.49 bits per heavy atom. The molecule has 0 spiro atoms. The molecule has 1 unspecified atom stereocenters. The molecule has 3 aromatic carbocycles. The Morgan fingerprint density at radius 1 is 1.10 bits per heavy atom. The van der Waals surface area contributed by atoms with Gasteiger partial charge in [0.2, 0.25) is 5.91 Å². The minimum absolute atomic E-state index is 0.0581. The highest BCUT2D eigenvalue weighted by Gasteiger charge is 2.22. The molecule has 1 aliphatic rings. The summed E-state index contributed by atoms with van der Waals surface area (Å²) in [6.45, 7) is -0.934. The average Bonchev–Trinajstić information content (AvgIpc) is 3.74. The quantitative estimate of drug-likeness (QED) is 0.132. The third-order valence-corrected chi connectivity index (χ3v) is 8.03. The van der Waals surface area contributed by atoms with E-state index in [-0.39, 0.29) is 17.6 Å². The lowest BCUT2D eigenvalue weighted by molar-refractivity contribution is -0.118. The van der Waals surface area contributed by atoms with Gasteiger partial charge in [0, 0.05) is 53.9 Å². The van der Waals surface area contributed by atoms with Gasteiger partial charge >= 0.3 is 6.61 Å². The molecule has 39 heavy (non-hydrogen) atoms. The number of carbonyl (C=O) groups is 1. The number of halogens is 3. The number of hydrogen-bond donors (Lipinski definition) is 2. The summed E-state index contributed by atoms with van der Waals surface area (Å²) >= 11 is 8.50. The van der Waals surface area contributed by atoms with Gasteiger partial charge in [0.15, 0.2) is 0 Å². The standard InChI is InChI=1S/C30H32ClF2N3O2S/c1-19(37)35-16-15-24(21-9-12-23(13-10-21)39-18-20-7-8-20)29(34-2)36-22-11-14-25(27(31)17-22)26-5-3-4-6-28(26)38-30(32)33/h3-6,9-14,17,20,24,30H,7-8,15-16,18H2,1-2H3,(H,34,36)(H,35,37). The molecule has 0 heterocycles. The number of thioether (sulfide) groups is 1. The number of ether oxygens (including phenoxy) is 1. The molecule has 0 aromatic heterocycles. The summed E-state index contributed by atoms with van der Waals surface area (Å²) in [6.07, 6.45) is 3.32. The summed E-state index contributed by atoms with van der Waals surface area (Å²) < 4.78 is 30.5. The van der Waals surface area contributed by atoms with Crippen LogP contribution in [-0.2, 0) is 4.79 Å². The van der Waals surface area contributed by atoms with Gasteiger partial charge in [-0.2, -0.15) is 8.78 Å². The second-order valence-corrected chi connectivity index (χ2v) is 11.0. The number of hydrogen-bond acceptors (Lipinski definition) is 4. The fourth-order valence-electron chi connectivity index (χ4n) is 4.29. The topological polar surface area (TPSA) is 62.7 Å². The van der Waals surface area contributed by atoms with Gasteiger partial charge in [-0.25, -0.2) is 0 Å². The van der Waals surface area contributed by atoms with E-state index in [0.29, 0.717) is 34.8 Å². The van der Waals surface area contributed by atoms with Gasteiger partial charge in [0.25, 0.3) is 0 Å². The SMILES string of the molecule is C/N=C(\Nc1ccc(-c2ccccc2OC(F)F)c(Cl)c1)C(CCNC(C)=O)c1ccc(SCC2CC2)cc1. The molecule has 0 saturated heterocycles. The summed E-state index contributed by atoms with van der Waals surface area (Å²) in [6, 6.07) is 20.4. The van der Waals surface area contributed by atoms with Gasteiger partial charge in [0.1, 0.15) is 11.6 Å². The number of nitrogens with one attached hydrogen (secondary N) is 2. The molecular weight excluding hydrogens is 540 g/mol. The first-order valence-corrected chi connectivity index (χ1v) is 14.2. The maximum atomic E-state index is 12.9. The number of carbonyl (C=O) groups excluding carboxylic acids is 1. The molecule has 0 bridgehead atoms. The Bertz CT molecular complexity index is 1300. The minimum Gasteiger partial charge on any atom is -0.434 e. The highest BCUT2D eigenvalue weighted by Crippen LogP contribution is 2.38. The van der Waals surface area contributed by atoms with Crippen molar-refractivity contribution >= 4 is 40.8 Å². The van der Waals surface area contributed by atoms with Gasteiger partial charge in [-0.3, -0.25) is 9.79 Å². The molecule has 3 aromatic rings. The molecule has 1 fully saturated rings. The first-order valence-electron chi connectivity index (χ1n) is 12.9. The van der Waals surface area contributed by atoms with Crippen molar-refractivity contribution in [2.45, 2.75) is 43.6 Å². The lowest BCUT2D eigenvalue weighted by atomic mass is 9.94. The van der Waals surface area contributed by atoms with E-state index >= 15 is 0 Å². The van der Waals surface area contributed by atoms with Crippen LogP contribution in [-0.4, -0.2) is 37.7 Å². The number of amidine groups is 1. The summed E-state index contributed by atoms with van der Waals surface area (Å²) in [7, 11) is 1.72. The number of amides is 1. The predicted octanol–water partition coefficient (Wildman–Crippen LogP) is 7.86. The van der Waals surface area contributed by atoms with Gasteiger partial charge in [-0.1, -0.05) is 48.0 Å². The Kier molecular flexibility index (Phi) is 10.2. The number of para-hydroxylation sites is 1. The molecule has 0 aliphatic heterocycles. The van der Waals surface area contributed by atoms with E-state index in [1.807, 2.05) is 17.8 Å². The van der Waals surface area contributed by atoms with E-state index in [9.17, 15) is 13.6 Å². The number of nitrogens with zero attached hydrogens (tertiary/aromatic N) is 1. The molecule has 9 heteroatoms. The van der Waals surface area contributed by atoms with Crippen LogP contribution >= 0.6 is 23.4 Å². The number of anilines is 1. The minimum atomic E-state index is -2.94. The van der Waals surface area contributed by atoms with Crippen LogP contribution in [0.4, 0.5) is 14.5 Å². The largest absolute Gasteiger partial charge is 0.434 e. The zero-order chi connectivity index (χ0) is 27.8. The average molecular weight is 572 g/mol. The number of benzene rings is 3. The van der Waals surface area contributed by atoms with Gasteiger partial charge in [-0.15, -0.1) is 11.8 Å². The van der Waals surface area contributed by atoms with Crippen molar-refractivity contribution in [1.82, 2.24) is 5.32 Å². The van der Waals surface area contributed by atoms with Crippen LogP contribution in [0.25, 0.3) is 11.1 Å². The third kappa shape index (κ3) is 8.44. The predicted molar refractivity (Wildman–Crippen MR) is 156 cm³/mol. The number of rotatable bonds is 12. The van der Waals surface area contributed by atoms with Crippen LogP contribution in [0.5, 0.6) is 5.75 Å². The van der Waals surface area contributed by atoms with E-state index in [0.717, 1.165) is 23.1 Å². The first-order chi connectivity index (χ1) is 18.8. The van der Waals surface area contributed by atoms with Crippen molar-refractivity contribution in [3.05, 3.63) is 77.3 Å². The van der Waals surface area contributed by atoms with Gasteiger partial charge in [0.05, 0.1) is 5.02 Å². The second-order valence-electron chi connectivity index (χ2n) is 9.45. The van der Waals surface area contributed by atoms with Crippen molar-refractivity contribution in [1.29, 1.82) is 0 Å². The maximum absolute atomic E-state index is 12.9. The van der Waals surface area contributed by atoms with Crippen molar-refractivity contribution in [2.75, 3.05) is 24.7 Å². The molecule has 0 radical (unpaired) electrons. The summed E-state index contributed by atoms with van der Waals surface area (Å²) in [5.74, 6) is 2.62. The lowest BCUT2D eigenvalue weighted by Crippen LogP contribution is -2.28. The van der Waals surface area contributed by atoms with Crippen LogP contribution in [0, 0.1) is 5.92 Å². The number of aliphatic imine (C=N–C) groups is 1. The van der Waals surface area contributed by atoms with E-state index in [4.69, 9.17) is 11.6 Å². The van der Waals surface area contributed by atoms with Crippen LogP contribution in [0.2, 0.25) is 5.02 Å². The highest BCUT2D eigenvalue weighted by atomic mass is 35.5. The van der Waals surface area contributed by atoms with Gasteiger partial charge in [-0.05, 0) is 61.1 Å². The summed E-state index contributed by atoms with van der Waals surface area (Å²) in [4.78, 5) is 17.3. The Morgan fingerprint density at radius 2 is 1.85 bits per heavy atom. The van der Waals surface area contributed by atoms with E-state index < -0.39 is 6.61 Å². The molecular formula is C30H32ClF2N3O2S. The molecule has 1 aliphatic carbocycles. The zero-order valence-corrected chi connectivity index (χ0v) is 23.5. The van der Waals surface area contributed by atoms with Crippen LogP contribution < -0.4 is 15.4 Å². The van der Waals surface area contributed by atoms with Crippen LogP contribution in [0.3, 0.4) is 0 Å². The van der Waals surface area contributed by atoms with Crippen molar-refractivity contribution in [3.8, 4) is 16.9 Å². The molecule has 4 rings (SSSR count). The Labute approximate surface area is 237 Å². The summed E-state index contributed by atoms with van der Waals surface area (Å²) in [5.41, 5.74) is 2.85. The Hall–Kier alpha value is -3.10. The van der Waals surface area contributed by atoms with Gasteiger partial charge < -0.3 is 15.4 Å². The van der Waals surface area contributed by atoms with E-state index in [1.54, 1.807) is 37.4 Å². The summed E-state index contributed by atoms with van der Waals surface area (Å²) in [5, 5.41) is 6.65. The second kappa shape index (κ2) is 13.8. The normalized spacial score (nSPS) is 14.3. The molecule has 5 nitrogen and oxygen atoms in total. The fourth-order valence-corrected chi connectivity index (χ4v) is 5.67. The lowest BCUT2D eigenvalue weighted by Gasteiger charge is -2.22. The van der Waals surface area contributed by atoms with Crippen molar-refractivity contribution in [2.24, 2.45) is 10.9 Å². The van der Waals surface area contributed by atoms with E-state index in [2.05, 4.69) is 44.6 Å². The maximum Gasteiger partial charge on any atom is 0.387 e. The monoisotopic (exact) mass is 571 g/mol. The fraction of sp³-hybridized carbons (Fsp3) is 0.333. The van der Waals surface area contributed by atoms with Crippen LogP contribution in [0.15, 0.2) is 76.6 Å². The van der Waals surface area contributed by atoms with Crippen molar-refractivity contribution < 1.29 is 18.3 Å². The zero-order valence-electron chi connectivity index (χ0n) is 21.9. The molecule has 206 valence electrons. The number of alkyl halides is 2. The third-order valence-electron chi connectivity index (χ3n) is 6.48. The molecule has 1 atom stereocenters. The molecule has 1 saturated carbocycles. The smallest absolute Gasteiger partial charge is 0.387 e. The molecule has 2 N–H and O–H groups in total. The van der Waals surface area contributed by atoms with Crippen molar-refractivity contribution in [3.63, 3.8) is 0 Å².